The van der Waals surface area contributed by atoms with Crippen LogP contribution in [-0.2, 0) is 23.8 Å². The van der Waals surface area contributed by atoms with Gasteiger partial charge in [0.15, 0.2) is 0 Å². The molecule has 4 atom stereocenters. The lowest BCUT2D eigenvalue weighted by molar-refractivity contribution is -0.145. The summed E-state index contributed by atoms with van der Waals surface area (Å²) in [5.74, 6) is -1.06. The van der Waals surface area contributed by atoms with E-state index >= 15 is 0 Å². The molecule has 1 aromatic carbocycles. The highest BCUT2D eigenvalue weighted by molar-refractivity contribution is 6.05. The summed E-state index contributed by atoms with van der Waals surface area (Å²) in [6, 6.07) is 8.00. The minimum atomic E-state index is -0.426. The van der Waals surface area contributed by atoms with Gasteiger partial charge in [0, 0.05) is 11.8 Å². The molecule has 23 heavy (non-hydrogen) atoms. The van der Waals surface area contributed by atoms with Crippen molar-refractivity contribution in [3.05, 3.63) is 46.5 Å². The second kappa shape index (κ2) is 5.20. The Labute approximate surface area is 134 Å². The first kappa shape index (κ1) is 14.5. The lowest BCUT2D eigenvalue weighted by Crippen LogP contribution is -2.42. The summed E-state index contributed by atoms with van der Waals surface area (Å²) in [6.07, 6.45) is -0.336. The molecule has 5 heteroatoms. The second-order valence-corrected chi connectivity index (χ2v) is 5.93. The van der Waals surface area contributed by atoms with E-state index in [0.29, 0.717) is 11.1 Å². The first-order chi connectivity index (χ1) is 11.2. The molecule has 0 saturated carbocycles. The van der Waals surface area contributed by atoms with Crippen LogP contribution in [0.3, 0.4) is 0 Å². The summed E-state index contributed by atoms with van der Waals surface area (Å²) in [4.78, 5) is 24.7. The monoisotopic (exact) mass is 314 g/mol. The van der Waals surface area contributed by atoms with Gasteiger partial charge in [-0.3, -0.25) is 0 Å². The van der Waals surface area contributed by atoms with Gasteiger partial charge in [0.25, 0.3) is 0 Å². The van der Waals surface area contributed by atoms with E-state index in [4.69, 9.17) is 14.2 Å². The number of benzene rings is 1. The largest absolute Gasteiger partial charge is 0.463 e. The SMILES string of the molecule is CCOC(=O)C1=C(C(=O)OCC)[C@H]2[C@@H]1[C@H]1O[C@@H]2c2ccccc21. The average Bonchev–Trinajstić information content (AvgIpc) is 3.01. The fourth-order valence-corrected chi connectivity index (χ4v) is 4.10. The van der Waals surface area contributed by atoms with Gasteiger partial charge in [-0.2, -0.15) is 0 Å². The maximum atomic E-state index is 12.3. The summed E-state index contributed by atoms with van der Waals surface area (Å²) < 4.78 is 16.4. The number of hydrogen-bond donors (Lipinski definition) is 0. The van der Waals surface area contributed by atoms with Crippen LogP contribution in [0.2, 0.25) is 0 Å². The normalized spacial score (nSPS) is 29.7. The number of carbonyl (C=O) groups excluding carboxylic acids is 2. The molecule has 5 nitrogen and oxygen atoms in total. The fraction of sp³-hybridized carbons (Fsp3) is 0.444. The summed E-state index contributed by atoms with van der Waals surface area (Å²) in [7, 11) is 0. The van der Waals surface area contributed by atoms with Gasteiger partial charge in [0.2, 0.25) is 0 Å². The van der Waals surface area contributed by atoms with E-state index in [2.05, 4.69) is 0 Å². The molecule has 0 amide bonds. The second-order valence-electron chi connectivity index (χ2n) is 5.93. The van der Waals surface area contributed by atoms with Crippen molar-refractivity contribution >= 4 is 11.9 Å². The number of carbonyl (C=O) groups is 2. The van der Waals surface area contributed by atoms with Crippen molar-refractivity contribution in [2.24, 2.45) is 11.8 Å². The first-order valence-electron chi connectivity index (χ1n) is 8.01. The molecule has 0 spiro atoms. The summed E-state index contributed by atoms with van der Waals surface area (Å²) in [6.45, 7) is 4.07. The van der Waals surface area contributed by atoms with E-state index in [1.165, 1.54) is 0 Å². The van der Waals surface area contributed by atoms with E-state index in [0.717, 1.165) is 11.1 Å². The average molecular weight is 314 g/mol. The maximum Gasteiger partial charge on any atom is 0.334 e. The topological polar surface area (TPSA) is 61.8 Å². The molecule has 2 heterocycles. The van der Waals surface area contributed by atoms with Crippen molar-refractivity contribution in [2.75, 3.05) is 13.2 Å². The molecule has 2 aliphatic heterocycles. The Morgan fingerprint density at radius 2 is 1.35 bits per heavy atom. The fourth-order valence-electron chi connectivity index (χ4n) is 4.10. The molecule has 1 aromatic rings. The number of rotatable bonds is 4. The maximum absolute atomic E-state index is 12.3. The molecule has 0 N–H and O–H groups in total. The number of ether oxygens (including phenoxy) is 3. The highest BCUT2D eigenvalue weighted by atomic mass is 16.5. The molecule has 1 saturated heterocycles. The highest BCUT2D eigenvalue weighted by Crippen LogP contribution is 2.67. The Bertz CT molecular complexity index is 661. The number of esters is 2. The zero-order valence-corrected chi connectivity index (χ0v) is 13.1. The zero-order chi connectivity index (χ0) is 16.1. The summed E-state index contributed by atoms with van der Waals surface area (Å²) in [5.41, 5.74) is 3.11. The van der Waals surface area contributed by atoms with Crippen LogP contribution in [0.4, 0.5) is 0 Å². The standard InChI is InChI=1S/C18H18O5/c1-3-21-17(19)13-11-12(14(13)18(20)22-4-2)16-10-8-6-5-7-9(10)15(11)23-16/h5-8,11-12,15-16H,3-4H2,1-2H3/t11-,12+,15-,16+. The first-order valence-corrected chi connectivity index (χ1v) is 8.01. The van der Waals surface area contributed by atoms with E-state index in [-0.39, 0.29) is 37.3 Å². The third kappa shape index (κ3) is 1.83. The Morgan fingerprint density at radius 3 is 1.74 bits per heavy atom. The Morgan fingerprint density at radius 1 is 0.913 bits per heavy atom. The van der Waals surface area contributed by atoms with Crippen LogP contribution < -0.4 is 0 Å². The lowest BCUT2D eigenvalue weighted by atomic mass is 9.60. The van der Waals surface area contributed by atoms with Gasteiger partial charge in [-0.15, -0.1) is 0 Å². The van der Waals surface area contributed by atoms with Crippen LogP contribution in [0.5, 0.6) is 0 Å². The van der Waals surface area contributed by atoms with Crippen LogP contribution in [-0.4, -0.2) is 25.2 Å². The van der Waals surface area contributed by atoms with Crippen LogP contribution in [0.25, 0.3) is 0 Å². The number of hydrogen-bond acceptors (Lipinski definition) is 5. The molecule has 2 bridgehead atoms. The quantitative estimate of drug-likeness (QED) is 0.799. The molecule has 0 unspecified atom stereocenters. The van der Waals surface area contributed by atoms with Gasteiger partial charge >= 0.3 is 11.9 Å². The summed E-state index contributed by atoms with van der Waals surface area (Å²) in [5, 5.41) is 0. The van der Waals surface area contributed by atoms with Crippen molar-refractivity contribution in [1.29, 1.82) is 0 Å². The molecular weight excluding hydrogens is 296 g/mol. The molecule has 0 aromatic heterocycles. The van der Waals surface area contributed by atoms with Crippen molar-refractivity contribution in [1.82, 2.24) is 0 Å². The van der Waals surface area contributed by atoms with Crippen LogP contribution in [0, 0.1) is 11.8 Å². The van der Waals surface area contributed by atoms with Gasteiger partial charge in [-0.1, -0.05) is 24.3 Å². The molecular formula is C18H18O5. The molecule has 3 aliphatic rings. The van der Waals surface area contributed by atoms with Crippen molar-refractivity contribution < 1.29 is 23.8 Å². The Kier molecular flexibility index (Phi) is 3.27. The van der Waals surface area contributed by atoms with Crippen LogP contribution in [0.15, 0.2) is 35.4 Å². The number of fused-ring (bicyclic) bond motifs is 8. The minimum absolute atomic E-state index is 0.103. The van der Waals surface area contributed by atoms with Crippen molar-refractivity contribution in [2.45, 2.75) is 26.1 Å². The third-order valence-electron chi connectivity index (χ3n) is 4.89. The predicted molar refractivity (Wildman–Crippen MR) is 80.3 cm³/mol. The van der Waals surface area contributed by atoms with E-state index in [9.17, 15) is 9.59 Å². The third-order valence-corrected chi connectivity index (χ3v) is 4.89. The summed E-state index contributed by atoms with van der Waals surface area (Å²) >= 11 is 0. The van der Waals surface area contributed by atoms with E-state index in [1.807, 2.05) is 24.3 Å². The Balaban J connectivity index is 1.76. The smallest absolute Gasteiger partial charge is 0.334 e. The molecule has 1 aliphatic carbocycles. The molecule has 120 valence electrons. The van der Waals surface area contributed by atoms with Gasteiger partial charge in [0.05, 0.1) is 36.6 Å². The predicted octanol–water partition coefficient (Wildman–Crippen LogP) is 2.48. The van der Waals surface area contributed by atoms with E-state index < -0.39 is 11.9 Å². The van der Waals surface area contributed by atoms with Crippen LogP contribution >= 0.6 is 0 Å². The van der Waals surface area contributed by atoms with E-state index in [1.54, 1.807) is 13.8 Å². The minimum Gasteiger partial charge on any atom is -0.463 e. The van der Waals surface area contributed by atoms with Crippen molar-refractivity contribution in [3.8, 4) is 0 Å². The molecule has 1 fully saturated rings. The molecule has 0 radical (unpaired) electrons. The highest BCUT2D eigenvalue weighted by Gasteiger charge is 2.64. The van der Waals surface area contributed by atoms with Crippen LogP contribution in [0.1, 0.15) is 37.2 Å². The van der Waals surface area contributed by atoms with Gasteiger partial charge in [0.1, 0.15) is 0 Å². The van der Waals surface area contributed by atoms with Crippen molar-refractivity contribution in [3.63, 3.8) is 0 Å². The lowest BCUT2D eigenvalue weighted by Gasteiger charge is -2.40. The van der Waals surface area contributed by atoms with Gasteiger partial charge in [-0.05, 0) is 25.0 Å². The van der Waals surface area contributed by atoms with Gasteiger partial charge in [-0.25, -0.2) is 9.59 Å². The Hall–Kier alpha value is -2.14. The molecule has 4 rings (SSSR count). The zero-order valence-electron chi connectivity index (χ0n) is 13.1. The van der Waals surface area contributed by atoms with Gasteiger partial charge < -0.3 is 14.2 Å².